The summed E-state index contributed by atoms with van der Waals surface area (Å²) in [5.41, 5.74) is 0. The maximum atomic E-state index is 5.81. The second kappa shape index (κ2) is 6.39. The van der Waals surface area contributed by atoms with Crippen LogP contribution in [0.25, 0.3) is 0 Å². The molecule has 0 bridgehead atoms. The molecule has 2 fully saturated rings. The third-order valence-corrected chi connectivity index (χ3v) is 4.15. The Kier molecular flexibility index (Phi) is 4.35. The summed E-state index contributed by atoms with van der Waals surface area (Å²) in [6.45, 7) is 3.76. The van der Waals surface area contributed by atoms with Crippen LogP contribution in [0.3, 0.4) is 0 Å². The van der Waals surface area contributed by atoms with Crippen molar-refractivity contribution >= 4 is 5.95 Å². The first kappa shape index (κ1) is 13.6. The van der Waals surface area contributed by atoms with Gasteiger partial charge in [-0.15, -0.1) is 0 Å². The largest absolute Gasteiger partial charge is 0.472 e. The number of nitrogens with zero attached hydrogens (tertiary/aromatic N) is 2. The normalized spacial score (nSPS) is 30.1. The quantitative estimate of drug-likeness (QED) is 0.917. The Balaban J connectivity index is 1.56. The van der Waals surface area contributed by atoms with E-state index in [1.807, 2.05) is 6.07 Å². The summed E-state index contributed by atoms with van der Waals surface area (Å²) >= 11 is 0. The average Bonchev–Trinajstić information content (AvgIpc) is 2.95. The lowest BCUT2D eigenvalue weighted by atomic mass is 9.87. The molecule has 1 N–H and O–H groups in total. The van der Waals surface area contributed by atoms with Crippen molar-refractivity contribution in [3.63, 3.8) is 0 Å². The number of nitrogens with one attached hydrogen (secondary N) is 1. The van der Waals surface area contributed by atoms with Crippen LogP contribution in [0, 0.1) is 5.92 Å². The molecular weight excluding hydrogens is 254 g/mol. The van der Waals surface area contributed by atoms with Crippen molar-refractivity contribution in [2.75, 3.05) is 18.5 Å². The van der Waals surface area contributed by atoms with Crippen LogP contribution in [-0.4, -0.2) is 35.3 Å². The summed E-state index contributed by atoms with van der Waals surface area (Å²) in [6.07, 6.45) is 7.80. The fraction of sp³-hybridized carbons (Fsp3) is 0.733. The van der Waals surface area contributed by atoms with E-state index in [2.05, 4.69) is 22.2 Å². The molecule has 3 rings (SSSR count). The highest BCUT2D eigenvalue weighted by atomic mass is 16.5. The zero-order chi connectivity index (χ0) is 13.8. The van der Waals surface area contributed by atoms with E-state index >= 15 is 0 Å². The maximum absolute atomic E-state index is 5.81. The minimum Gasteiger partial charge on any atom is -0.472 e. The number of rotatable bonds is 4. The van der Waals surface area contributed by atoms with Crippen molar-refractivity contribution < 1.29 is 9.47 Å². The Morgan fingerprint density at radius 3 is 2.85 bits per heavy atom. The van der Waals surface area contributed by atoms with Gasteiger partial charge in [-0.2, -0.15) is 4.98 Å². The van der Waals surface area contributed by atoms with Gasteiger partial charge in [-0.3, -0.25) is 0 Å². The molecule has 0 spiro atoms. The average molecular weight is 277 g/mol. The van der Waals surface area contributed by atoms with E-state index in [-0.39, 0.29) is 6.10 Å². The highest BCUT2D eigenvalue weighted by Gasteiger charge is 2.20. The zero-order valence-corrected chi connectivity index (χ0v) is 12.0. The molecule has 1 aliphatic carbocycles. The van der Waals surface area contributed by atoms with Crippen molar-refractivity contribution in [3.8, 4) is 5.88 Å². The third-order valence-electron chi connectivity index (χ3n) is 4.15. The summed E-state index contributed by atoms with van der Waals surface area (Å²) in [5.74, 6) is 2.18. The summed E-state index contributed by atoms with van der Waals surface area (Å²) in [5, 5.41) is 3.43. The fourth-order valence-electron chi connectivity index (χ4n) is 2.84. The van der Waals surface area contributed by atoms with Gasteiger partial charge in [0.05, 0.1) is 13.2 Å². The predicted molar refractivity (Wildman–Crippen MR) is 76.9 cm³/mol. The van der Waals surface area contributed by atoms with Crippen LogP contribution >= 0.6 is 0 Å². The first-order valence-corrected chi connectivity index (χ1v) is 7.63. The highest BCUT2D eigenvalue weighted by Crippen LogP contribution is 2.25. The monoisotopic (exact) mass is 277 g/mol. The molecule has 0 radical (unpaired) electrons. The second-order valence-corrected chi connectivity index (χ2v) is 5.92. The standard InChI is InChI=1S/C15H23N3O2/c1-11-2-4-12(5-3-11)17-15-16-8-6-14(18-15)20-13-7-9-19-10-13/h6,8,11-13H,2-5,7,9-10H2,1H3,(H,16,17,18)/t11?,12?,13-/m1/s1. The van der Waals surface area contributed by atoms with E-state index in [4.69, 9.17) is 9.47 Å². The maximum Gasteiger partial charge on any atom is 0.226 e. The Morgan fingerprint density at radius 1 is 1.25 bits per heavy atom. The minimum absolute atomic E-state index is 0.133. The van der Waals surface area contributed by atoms with Crippen LogP contribution in [0.5, 0.6) is 5.88 Å². The molecule has 5 nitrogen and oxygen atoms in total. The van der Waals surface area contributed by atoms with Gasteiger partial charge in [0.25, 0.3) is 0 Å². The van der Waals surface area contributed by atoms with Gasteiger partial charge in [0.1, 0.15) is 6.10 Å². The molecule has 1 aromatic rings. The summed E-state index contributed by atoms with van der Waals surface area (Å²) < 4.78 is 11.1. The van der Waals surface area contributed by atoms with Crippen molar-refractivity contribution in [3.05, 3.63) is 12.3 Å². The third kappa shape index (κ3) is 3.60. The van der Waals surface area contributed by atoms with E-state index in [1.54, 1.807) is 6.20 Å². The van der Waals surface area contributed by atoms with Crippen LogP contribution < -0.4 is 10.1 Å². The second-order valence-electron chi connectivity index (χ2n) is 5.92. The van der Waals surface area contributed by atoms with Gasteiger partial charge in [-0.05, 0) is 31.6 Å². The van der Waals surface area contributed by atoms with Crippen LogP contribution in [0.2, 0.25) is 0 Å². The molecule has 0 unspecified atom stereocenters. The fourth-order valence-corrected chi connectivity index (χ4v) is 2.84. The van der Waals surface area contributed by atoms with Crippen molar-refractivity contribution in [1.29, 1.82) is 0 Å². The smallest absolute Gasteiger partial charge is 0.226 e. The Morgan fingerprint density at radius 2 is 2.10 bits per heavy atom. The van der Waals surface area contributed by atoms with Crippen LogP contribution in [-0.2, 0) is 4.74 Å². The molecule has 1 aliphatic heterocycles. The van der Waals surface area contributed by atoms with E-state index < -0.39 is 0 Å². The van der Waals surface area contributed by atoms with E-state index in [0.29, 0.717) is 24.5 Å². The van der Waals surface area contributed by atoms with Crippen molar-refractivity contribution in [2.24, 2.45) is 5.92 Å². The molecule has 2 heterocycles. The summed E-state index contributed by atoms with van der Waals surface area (Å²) in [6, 6.07) is 2.31. The van der Waals surface area contributed by atoms with Gasteiger partial charge >= 0.3 is 0 Å². The number of hydrogen-bond acceptors (Lipinski definition) is 5. The topological polar surface area (TPSA) is 56.3 Å². The Bertz CT molecular complexity index is 427. The number of anilines is 1. The summed E-state index contributed by atoms with van der Waals surface area (Å²) in [7, 11) is 0. The SMILES string of the molecule is CC1CCC(Nc2nccc(O[C@@H]3CCOC3)n2)CC1. The zero-order valence-electron chi connectivity index (χ0n) is 12.0. The molecule has 1 saturated heterocycles. The van der Waals surface area contributed by atoms with E-state index in [9.17, 15) is 0 Å². The van der Waals surface area contributed by atoms with Gasteiger partial charge in [-0.25, -0.2) is 4.98 Å². The van der Waals surface area contributed by atoms with Crippen LogP contribution in [0.1, 0.15) is 39.0 Å². The molecular formula is C15H23N3O2. The first-order valence-electron chi connectivity index (χ1n) is 7.63. The lowest BCUT2D eigenvalue weighted by molar-refractivity contribution is 0.138. The number of aromatic nitrogens is 2. The van der Waals surface area contributed by atoms with Gasteiger partial charge in [0.2, 0.25) is 11.8 Å². The minimum atomic E-state index is 0.133. The molecule has 0 aromatic carbocycles. The molecule has 0 amide bonds. The number of hydrogen-bond donors (Lipinski definition) is 1. The first-order chi connectivity index (χ1) is 9.79. The Labute approximate surface area is 120 Å². The van der Waals surface area contributed by atoms with Gasteiger partial charge < -0.3 is 14.8 Å². The van der Waals surface area contributed by atoms with Crippen molar-refractivity contribution in [2.45, 2.75) is 51.2 Å². The molecule has 1 aromatic heterocycles. The van der Waals surface area contributed by atoms with Crippen molar-refractivity contribution in [1.82, 2.24) is 9.97 Å². The van der Waals surface area contributed by atoms with E-state index in [0.717, 1.165) is 18.9 Å². The predicted octanol–water partition coefficient (Wildman–Crippen LogP) is 2.63. The molecule has 110 valence electrons. The van der Waals surface area contributed by atoms with Crippen LogP contribution in [0.15, 0.2) is 12.3 Å². The molecule has 20 heavy (non-hydrogen) atoms. The molecule has 1 saturated carbocycles. The highest BCUT2D eigenvalue weighted by molar-refractivity contribution is 5.29. The van der Waals surface area contributed by atoms with Gasteiger partial charge in [0.15, 0.2) is 0 Å². The lowest BCUT2D eigenvalue weighted by Crippen LogP contribution is -2.26. The molecule has 1 atom stereocenters. The van der Waals surface area contributed by atoms with Crippen LogP contribution in [0.4, 0.5) is 5.95 Å². The van der Waals surface area contributed by atoms with E-state index in [1.165, 1.54) is 25.7 Å². The van der Waals surface area contributed by atoms with Gasteiger partial charge in [0, 0.05) is 24.7 Å². The summed E-state index contributed by atoms with van der Waals surface area (Å²) in [4.78, 5) is 8.74. The lowest BCUT2D eigenvalue weighted by Gasteiger charge is -2.26. The molecule has 5 heteroatoms. The Hall–Kier alpha value is -1.36. The molecule has 2 aliphatic rings. The number of ether oxygens (including phenoxy) is 2. The van der Waals surface area contributed by atoms with Gasteiger partial charge in [-0.1, -0.05) is 6.92 Å².